The average molecular weight is 707 g/mol. The van der Waals surface area contributed by atoms with Gasteiger partial charge in [-0.1, -0.05) is 226 Å². The standard InChI is InChI=1S/C46H90O4/c1-3-5-7-9-11-13-15-17-18-19-20-21-22-23-24-26-28-30-35-39-43-46(49)50-44(41-37-33-31-34-38-42-45(47)48)40-36-32-29-27-25-16-14-12-10-8-6-4-2/h44H,3-43H2,1-2H3,(H,47,48). The quantitative estimate of drug-likeness (QED) is 0.0506. The zero-order valence-electron chi connectivity index (χ0n) is 34.2. The molecular formula is C46H90O4. The van der Waals surface area contributed by atoms with Crippen LogP contribution in [0.15, 0.2) is 0 Å². The van der Waals surface area contributed by atoms with Gasteiger partial charge < -0.3 is 9.84 Å². The first-order valence-corrected chi connectivity index (χ1v) is 23.0. The van der Waals surface area contributed by atoms with Gasteiger partial charge in [-0.05, 0) is 38.5 Å². The Bertz CT molecular complexity index is 677. The maximum Gasteiger partial charge on any atom is 0.306 e. The lowest BCUT2D eigenvalue weighted by atomic mass is 10.0. The third kappa shape index (κ3) is 41.4. The lowest BCUT2D eigenvalue weighted by Crippen LogP contribution is -2.18. The molecule has 0 rings (SSSR count). The number of carboxylic acid groups (broad SMARTS) is 1. The molecule has 0 bridgehead atoms. The molecule has 4 nitrogen and oxygen atoms in total. The van der Waals surface area contributed by atoms with E-state index in [4.69, 9.17) is 9.84 Å². The Morgan fingerprint density at radius 1 is 0.360 bits per heavy atom. The van der Waals surface area contributed by atoms with Crippen LogP contribution in [-0.4, -0.2) is 23.1 Å². The Morgan fingerprint density at radius 2 is 0.600 bits per heavy atom. The Morgan fingerprint density at radius 3 is 0.880 bits per heavy atom. The number of carbonyl (C=O) groups is 2. The summed E-state index contributed by atoms with van der Waals surface area (Å²) in [5.74, 6) is -0.683. The third-order valence-electron chi connectivity index (χ3n) is 10.8. The van der Waals surface area contributed by atoms with Gasteiger partial charge >= 0.3 is 11.9 Å². The highest BCUT2D eigenvalue weighted by Crippen LogP contribution is 2.20. The van der Waals surface area contributed by atoms with Crippen molar-refractivity contribution in [3.8, 4) is 0 Å². The van der Waals surface area contributed by atoms with Crippen LogP contribution in [0.2, 0.25) is 0 Å². The van der Waals surface area contributed by atoms with Gasteiger partial charge in [-0.15, -0.1) is 0 Å². The summed E-state index contributed by atoms with van der Waals surface area (Å²) in [5, 5.41) is 8.84. The molecule has 1 unspecified atom stereocenters. The van der Waals surface area contributed by atoms with E-state index in [9.17, 15) is 9.59 Å². The first-order valence-electron chi connectivity index (χ1n) is 23.0. The normalized spacial score (nSPS) is 12.0. The molecule has 0 aliphatic carbocycles. The maximum atomic E-state index is 12.7. The van der Waals surface area contributed by atoms with Gasteiger partial charge in [0.2, 0.25) is 0 Å². The van der Waals surface area contributed by atoms with Crippen molar-refractivity contribution in [1.29, 1.82) is 0 Å². The van der Waals surface area contributed by atoms with E-state index in [0.29, 0.717) is 6.42 Å². The van der Waals surface area contributed by atoms with Gasteiger partial charge in [-0.3, -0.25) is 9.59 Å². The molecule has 298 valence electrons. The van der Waals surface area contributed by atoms with Crippen LogP contribution in [0, 0.1) is 0 Å². The highest BCUT2D eigenvalue weighted by molar-refractivity contribution is 5.69. The molecule has 1 atom stereocenters. The van der Waals surface area contributed by atoms with Gasteiger partial charge in [0, 0.05) is 12.8 Å². The number of hydrogen-bond acceptors (Lipinski definition) is 3. The number of ether oxygens (including phenoxy) is 1. The van der Waals surface area contributed by atoms with Crippen molar-refractivity contribution >= 4 is 11.9 Å². The van der Waals surface area contributed by atoms with Crippen LogP contribution >= 0.6 is 0 Å². The number of esters is 1. The van der Waals surface area contributed by atoms with Gasteiger partial charge in [0.15, 0.2) is 0 Å². The van der Waals surface area contributed by atoms with Crippen molar-refractivity contribution in [2.24, 2.45) is 0 Å². The Balaban J connectivity index is 3.87. The summed E-state index contributed by atoms with van der Waals surface area (Å²) in [4.78, 5) is 23.5. The summed E-state index contributed by atoms with van der Waals surface area (Å²) in [6.45, 7) is 4.58. The fourth-order valence-electron chi connectivity index (χ4n) is 7.42. The molecule has 0 aromatic heterocycles. The summed E-state index contributed by atoms with van der Waals surface area (Å²) < 4.78 is 6.03. The number of carboxylic acids is 1. The fourth-order valence-corrected chi connectivity index (χ4v) is 7.42. The molecule has 0 aliphatic heterocycles. The second kappa shape index (κ2) is 42.4. The van der Waals surface area contributed by atoms with Crippen molar-refractivity contribution in [1.82, 2.24) is 0 Å². The minimum atomic E-state index is -0.695. The second-order valence-corrected chi connectivity index (χ2v) is 16.0. The van der Waals surface area contributed by atoms with Crippen molar-refractivity contribution in [3.05, 3.63) is 0 Å². The fraction of sp³-hybridized carbons (Fsp3) is 0.957. The van der Waals surface area contributed by atoms with Gasteiger partial charge in [-0.2, -0.15) is 0 Å². The summed E-state index contributed by atoms with van der Waals surface area (Å²) in [7, 11) is 0. The number of unbranched alkanes of at least 4 members (excludes halogenated alkanes) is 34. The Kier molecular flexibility index (Phi) is 41.5. The van der Waals surface area contributed by atoms with E-state index in [1.54, 1.807) is 0 Å². The summed E-state index contributed by atoms with van der Waals surface area (Å²) in [6.07, 6.45) is 51.4. The van der Waals surface area contributed by atoms with E-state index in [-0.39, 0.29) is 18.5 Å². The van der Waals surface area contributed by atoms with Crippen molar-refractivity contribution in [2.75, 3.05) is 0 Å². The zero-order chi connectivity index (χ0) is 36.4. The van der Waals surface area contributed by atoms with Crippen molar-refractivity contribution in [2.45, 2.75) is 283 Å². The molecule has 0 aliphatic rings. The highest BCUT2D eigenvalue weighted by Gasteiger charge is 2.14. The minimum Gasteiger partial charge on any atom is -0.481 e. The predicted octanol–water partition coefficient (Wildman–Crippen LogP) is 16.0. The largest absolute Gasteiger partial charge is 0.481 e. The molecular weight excluding hydrogens is 617 g/mol. The first-order chi connectivity index (χ1) is 24.6. The lowest BCUT2D eigenvalue weighted by molar-refractivity contribution is -0.150. The number of aliphatic carboxylic acids is 1. The Labute approximate surface area is 313 Å². The molecule has 0 fully saturated rings. The van der Waals surface area contributed by atoms with Crippen molar-refractivity contribution in [3.63, 3.8) is 0 Å². The summed E-state index contributed by atoms with van der Waals surface area (Å²) >= 11 is 0. The molecule has 1 N–H and O–H groups in total. The molecule has 0 heterocycles. The van der Waals surface area contributed by atoms with Crippen LogP contribution in [0.25, 0.3) is 0 Å². The number of rotatable bonds is 43. The predicted molar refractivity (Wildman–Crippen MR) is 218 cm³/mol. The van der Waals surface area contributed by atoms with E-state index in [1.807, 2.05) is 0 Å². The van der Waals surface area contributed by atoms with E-state index >= 15 is 0 Å². The molecule has 0 saturated heterocycles. The van der Waals surface area contributed by atoms with Crippen LogP contribution < -0.4 is 0 Å². The lowest BCUT2D eigenvalue weighted by Gasteiger charge is -2.18. The first kappa shape index (κ1) is 48.9. The molecule has 0 aromatic rings. The molecule has 4 heteroatoms. The third-order valence-corrected chi connectivity index (χ3v) is 10.8. The smallest absolute Gasteiger partial charge is 0.306 e. The average Bonchev–Trinajstić information content (AvgIpc) is 3.10. The number of carbonyl (C=O) groups excluding carboxylic acids is 1. The molecule has 0 saturated carbocycles. The van der Waals surface area contributed by atoms with Crippen LogP contribution in [0.3, 0.4) is 0 Å². The second-order valence-electron chi connectivity index (χ2n) is 16.0. The SMILES string of the molecule is CCCCCCCCCCCCCCCCCCCCCCC(=O)OC(CCCCCCCCCCCCCC)CCCCCCCC(=O)O. The molecule has 0 amide bonds. The zero-order valence-corrected chi connectivity index (χ0v) is 34.2. The summed E-state index contributed by atoms with van der Waals surface area (Å²) in [5.41, 5.74) is 0. The van der Waals surface area contributed by atoms with Gasteiger partial charge in [0.05, 0.1) is 0 Å². The molecule has 0 radical (unpaired) electrons. The molecule has 50 heavy (non-hydrogen) atoms. The van der Waals surface area contributed by atoms with Crippen LogP contribution in [0.4, 0.5) is 0 Å². The van der Waals surface area contributed by atoms with E-state index < -0.39 is 5.97 Å². The summed E-state index contributed by atoms with van der Waals surface area (Å²) in [6, 6.07) is 0. The van der Waals surface area contributed by atoms with E-state index in [0.717, 1.165) is 64.2 Å². The van der Waals surface area contributed by atoms with Crippen molar-refractivity contribution < 1.29 is 19.4 Å². The molecule has 0 spiro atoms. The van der Waals surface area contributed by atoms with Crippen LogP contribution in [-0.2, 0) is 14.3 Å². The monoisotopic (exact) mass is 707 g/mol. The number of hydrogen-bond donors (Lipinski definition) is 1. The highest BCUT2D eigenvalue weighted by atomic mass is 16.5. The van der Waals surface area contributed by atoms with Gasteiger partial charge in [-0.25, -0.2) is 0 Å². The van der Waals surface area contributed by atoms with Crippen LogP contribution in [0.1, 0.15) is 277 Å². The maximum absolute atomic E-state index is 12.7. The Hall–Kier alpha value is -1.06. The van der Waals surface area contributed by atoms with E-state index in [2.05, 4.69) is 13.8 Å². The minimum absolute atomic E-state index is 0.0119. The van der Waals surface area contributed by atoms with Gasteiger partial charge in [0.25, 0.3) is 0 Å². The topological polar surface area (TPSA) is 63.6 Å². The molecule has 0 aromatic carbocycles. The van der Waals surface area contributed by atoms with E-state index in [1.165, 1.54) is 186 Å². The van der Waals surface area contributed by atoms with Gasteiger partial charge in [0.1, 0.15) is 6.10 Å². The van der Waals surface area contributed by atoms with Crippen LogP contribution in [0.5, 0.6) is 0 Å².